The molecule has 21 heavy (non-hydrogen) atoms. The Hall–Kier alpha value is -2.09. The van der Waals surface area contributed by atoms with Gasteiger partial charge in [0.25, 0.3) is 11.8 Å². The first-order valence-electron chi connectivity index (χ1n) is 6.44. The number of Topliss-reactive ketones (excluding diaryl/α,β-unsaturated/α-hetero) is 1. The van der Waals surface area contributed by atoms with Crippen molar-refractivity contribution in [1.29, 1.82) is 0 Å². The molecule has 0 spiro atoms. The average molecular weight is 309 g/mol. The zero-order valence-corrected chi connectivity index (χ0v) is 12.7. The minimum atomic E-state index is -0.609. The highest BCUT2D eigenvalue weighted by Crippen LogP contribution is 2.38. The first-order chi connectivity index (χ1) is 9.71. The molecule has 7 nitrogen and oxygen atoms in total. The van der Waals surface area contributed by atoms with Gasteiger partial charge in [0.05, 0.1) is 10.6 Å². The molecule has 2 N–H and O–H groups in total. The van der Waals surface area contributed by atoms with Crippen molar-refractivity contribution in [2.75, 3.05) is 0 Å². The number of rotatable bonds is 1. The number of aromatic hydroxyl groups is 2. The fourth-order valence-electron chi connectivity index (χ4n) is 2.56. The van der Waals surface area contributed by atoms with Gasteiger partial charge < -0.3 is 10.2 Å². The maximum absolute atomic E-state index is 12.2. The van der Waals surface area contributed by atoms with Crippen LogP contribution in [-0.2, 0) is 13.5 Å². The molecule has 0 amide bonds. The number of ketones is 1. The number of thiazole rings is 1. The monoisotopic (exact) mass is 309 g/mol. The molecule has 0 saturated carbocycles. The smallest absolute Gasteiger partial charge is 0.340 e. The quantitative estimate of drug-likeness (QED) is 0.825. The molecule has 0 saturated heterocycles. The van der Waals surface area contributed by atoms with Gasteiger partial charge in [-0.05, 0) is 11.8 Å². The van der Waals surface area contributed by atoms with Crippen molar-refractivity contribution in [3.8, 4) is 16.9 Å². The van der Waals surface area contributed by atoms with E-state index in [2.05, 4.69) is 4.98 Å². The van der Waals surface area contributed by atoms with Crippen molar-refractivity contribution >= 4 is 17.1 Å². The molecular weight excluding hydrogens is 294 g/mol. The van der Waals surface area contributed by atoms with Gasteiger partial charge in [0.15, 0.2) is 5.78 Å². The van der Waals surface area contributed by atoms with Gasteiger partial charge >= 0.3 is 5.69 Å². The summed E-state index contributed by atoms with van der Waals surface area (Å²) in [4.78, 5) is 29.0. The SMILES string of the molecule is Cn1c(O)c(O)n(-c2nc3c(s2)C(=O)CC(C)(C)C3)c1=O. The minimum Gasteiger partial charge on any atom is -0.491 e. The van der Waals surface area contributed by atoms with E-state index in [4.69, 9.17) is 0 Å². The highest BCUT2D eigenvalue weighted by atomic mass is 32.1. The zero-order chi connectivity index (χ0) is 15.5. The summed E-state index contributed by atoms with van der Waals surface area (Å²) in [6.07, 6.45) is 1.07. The van der Waals surface area contributed by atoms with Gasteiger partial charge in [0.1, 0.15) is 0 Å². The number of carbonyl (C=O) groups is 1. The number of carbonyl (C=O) groups excluding carboxylic acids is 1. The van der Waals surface area contributed by atoms with Crippen LogP contribution in [0.5, 0.6) is 11.8 Å². The maximum Gasteiger partial charge on any atom is 0.340 e. The van der Waals surface area contributed by atoms with Gasteiger partial charge in [-0.2, -0.15) is 0 Å². The van der Waals surface area contributed by atoms with Crippen molar-refractivity contribution in [3.63, 3.8) is 0 Å². The molecule has 2 heterocycles. The Bertz CT molecular complexity index is 812. The van der Waals surface area contributed by atoms with Crippen LogP contribution in [0.25, 0.3) is 5.13 Å². The second-order valence-electron chi connectivity index (χ2n) is 6.04. The number of nitrogens with zero attached hydrogens (tertiary/aromatic N) is 3. The molecule has 112 valence electrons. The molecule has 0 aromatic carbocycles. The van der Waals surface area contributed by atoms with Crippen LogP contribution >= 0.6 is 11.3 Å². The fraction of sp³-hybridized carbons (Fsp3) is 0.462. The molecule has 8 heteroatoms. The molecule has 1 aliphatic rings. The van der Waals surface area contributed by atoms with E-state index < -0.39 is 17.4 Å². The molecule has 1 aliphatic carbocycles. The number of imidazole rings is 1. The largest absolute Gasteiger partial charge is 0.491 e. The molecule has 3 rings (SSSR count). The van der Waals surface area contributed by atoms with Crippen LogP contribution in [0.1, 0.15) is 35.6 Å². The molecule has 0 atom stereocenters. The van der Waals surface area contributed by atoms with Crippen LogP contribution in [-0.4, -0.2) is 30.1 Å². The number of hydrogen-bond donors (Lipinski definition) is 2. The summed E-state index contributed by atoms with van der Waals surface area (Å²) in [7, 11) is 1.34. The van der Waals surface area contributed by atoms with E-state index in [-0.39, 0.29) is 16.3 Å². The van der Waals surface area contributed by atoms with Crippen LogP contribution in [0.15, 0.2) is 4.79 Å². The van der Waals surface area contributed by atoms with Gasteiger partial charge in [-0.25, -0.2) is 14.3 Å². The van der Waals surface area contributed by atoms with Crippen LogP contribution in [0.4, 0.5) is 0 Å². The molecule has 0 bridgehead atoms. The van der Waals surface area contributed by atoms with E-state index in [9.17, 15) is 19.8 Å². The second-order valence-corrected chi connectivity index (χ2v) is 7.01. The third kappa shape index (κ3) is 1.98. The third-order valence-electron chi connectivity index (χ3n) is 3.62. The highest BCUT2D eigenvalue weighted by Gasteiger charge is 2.35. The Morgan fingerprint density at radius 2 is 1.86 bits per heavy atom. The van der Waals surface area contributed by atoms with Crippen molar-refractivity contribution < 1.29 is 15.0 Å². The van der Waals surface area contributed by atoms with E-state index >= 15 is 0 Å². The van der Waals surface area contributed by atoms with Gasteiger partial charge in [-0.1, -0.05) is 25.2 Å². The van der Waals surface area contributed by atoms with Gasteiger partial charge in [0.2, 0.25) is 5.13 Å². The molecule has 0 radical (unpaired) electrons. The molecule has 2 aromatic heterocycles. The summed E-state index contributed by atoms with van der Waals surface area (Å²) < 4.78 is 1.83. The standard InChI is InChI=1S/C13H15N3O4S/c1-13(2)4-6-8(7(17)5-13)21-11(14-6)16-10(19)9(18)15(3)12(16)20/h18-19H,4-5H2,1-3H3. The Morgan fingerprint density at radius 3 is 2.43 bits per heavy atom. The lowest BCUT2D eigenvalue weighted by Crippen LogP contribution is -2.26. The lowest BCUT2D eigenvalue weighted by Gasteiger charge is -2.26. The highest BCUT2D eigenvalue weighted by molar-refractivity contribution is 7.16. The Kier molecular flexibility index (Phi) is 2.78. The Balaban J connectivity index is 2.18. The van der Waals surface area contributed by atoms with Gasteiger partial charge in [-0.15, -0.1) is 0 Å². The Labute approximate surface area is 124 Å². The summed E-state index contributed by atoms with van der Waals surface area (Å²) in [5.41, 5.74) is -0.130. The summed E-state index contributed by atoms with van der Waals surface area (Å²) in [5, 5.41) is 19.7. The topological polar surface area (TPSA) is 97.3 Å². The van der Waals surface area contributed by atoms with Crippen molar-refractivity contribution in [2.45, 2.75) is 26.7 Å². The summed E-state index contributed by atoms with van der Waals surface area (Å²) in [5.74, 6) is -1.10. The first-order valence-corrected chi connectivity index (χ1v) is 7.26. The zero-order valence-electron chi connectivity index (χ0n) is 11.9. The molecule has 2 aromatic rings. The molecule has 0 fully saturated rings. The van der Waals surface area contributed by atoms with E-state index in [1.165, 1.54) is 7.05 Å². The van der Waals surface area contributed by atoms with Crippen LogP contribution in [0.3, 0.4) is 0 Å². The van der Waals surface area contributed by atoms with Crippen LogP contribution in [0, 0.1) is 5.41 Å². The number of aromatic nitrogens is 3. The minimum absolute atomic E-state index is 0.00214. The molecule has 0 aliphatic heterocycles. The number of hydrogen-bond acceptors (Lipinski definition) is 6. The van der Waals surface area contributed by atoms with Crippen molar-refractivity contribution in [3.05, 3.63) is 21.1 Å². The maximum atomic E-state index is 12.2. The van der Waals surface area contributed by atoms with Crippen molar-refractivity contribution in [1.82, 2.24) is 14.1 Å². The first kappa shape index (κ1) is 13.9. The van der Waals surface area contributed by atoms with Gasteiger partial charge in [-0.3, -0.25) is 9.36 Å². The fourth-order valence-corrected chi connectivity index (χ4v) is 3.57. The predicted octanol–water partition coefficient (Wildman–Crippen LogP) is 1.20. The molecular formula is C13H15N3O4S. The third-order valence-corrected chi connectivity index (χ3v) is 4.75. The lowest BCUT2D eigenvalue weighted by molar-refractivity contribution is 0.0916. The van der Waals surface area contributed by atoms with E-state index in [1.54, 1.807) is 0 Å². The van der Waals surface area contributed by atoms with E-state index in [1.807, 2.05) is 13.8 Å². The van der Waals surface area contributed by atoms with Crippen LogP contribution < -0.4 is 5.69 Å². The predicted molar refractivity (Wildman–Crippen MR) is 76.4 cm³/mol. The summed E-state index contributed by atoms with van der Waals surface area (Å²) in [6.45, 7) is 3.98. The number of fused-ring (bicyclic) bond motifs is 1. The van der Waals surface area contributed by atoms with E-state index in [0.717, 1.165) is 20.5 Å². The van der Waals surface area contributed by atoms with Crippen molar-refractivity contribution in [2.24, 2.45) is 12.5 Å². The second kappa shape index (κ2) is 4.20. The van der Waals surface area contributed by atoms with E-state index in [0.29, 0.717) is 23.4 Å². The summed E-state index contributed by atoms with van der Waals surface area (Å²) >= 11 is 1.07. The van der Waals surface area contributed by atoms with Gasteiger partial charge in [0, 0.05) is 13.5 Å². The normalized spacial score (nSPS) is 17.0. The molecule has 0 unspecified atom stereocenters. The average Bonchev–Trinajstić information content (AvgIpc) is 2.85. The summed E-state index contributed by atoms with van der Waals surface area (Å²) in [6, 6.07) is 0. The lowest BCUT2D eigenvalue weighted by atomic mass is 9.78. The van der Waals surface area contributed by atoms with Crippen LogP contribution in [0.2, 0.25) is 0 Å². The Morgan fingerprint density at radius 1 is 1.19 bits per heavy atom.